The molecule has 0 bridgehead atoms. The molecule has 1 aromatic rings. The highest BCUT2D eigenvalue weighted by atomic mass is 16.3. The summed E-state index contributed by atoms with van der Waals surface area (Å²) in [5.41, 5.74) is 0.852. The van der Waals surface area contributed by atoms with Gasteiger partial charge in [0.2, 0.25) is 5.91 Å². The molecule has 0 saturated carbocycles. The molecule has 1 heterocycles. The number of aliphatic hydroxyl groups excluding tert-OH is 1. The van der Waals surface area contributed by atoms with E-state index in [2.05, 4.69) is 10.4 Å². The number of aliphatic hydroxyl groups is 1. The van der Waals surface area contributed by atoms with Crippen LogP contribution in [0.15, 0.2) is 18.3 Å². The molecule has 0 saturated heterocycles. The Morgan fingerprint density at radius 1 is 1.65 bits per heavy atom. The molecule has 1 atom stereocenters. The molecule has 5 nitrogen and oxygen atoms in total. The molecule has 0 radical (unpaired) electrons. The summed E-state index contributed by atoms with van der Waals surface area (Å²) in [6.45, 7) is 3.85. The first-order valence-corrected chi connectivity index (χ1v) is 5.62. The Labute approximate surface area is 101 Å². The van der Waals surface area contributed by atoms with Crippen molar-refractivity contribution in [2.24, 2.45) is 13.0 Å². The molecule has 0 aliphatic carbocycles. The highest BCUT2D eigenvalue weighted by Gasteiger charge is 2.13. The van der Waals surface area contributed by atoms with Gasteiger partial charge >= 0.3 is 0 Å². The predicted octanol–water partition coefficient (Wildman–Crippen LogP) is 0.566. The summed E-state index contributed by atoms with van der Waals surface area (Å²) >= 11 is 0. The van der Waals surface area contributed by atoms with Crippen molar-refractivity contribution in [3.05, 3.63) is 24.0 Å². The highest BCUT2D eigenvalue weighted by molar-refractivity contribution is 5.91. The molecule has 0 aliphatic rings. The normalized spacial score (nSPS) is 13.2. The smallest absolute Gasteiger partial charge is 0.244 e. The molecule has 17 heavy (non-hydrogen) atoms. The number of aryl methyl sites for hydroxylation is 1. The van der Waals surface area contributed by atoms with E-state index in [1.54, 1.807) is 17.0 Å². The van der Waals surface area contributed by atoms with Gasteiger partial charge in [0.1, 0.15) is 0 Å². The lowest BCUT2D eigenvalue weighted by Crippen LogP contribution is -2.40. The summed E-state index contributed by atoms with van der Waals surface area (Å²) in [7, 11) is 1.81. The number of carbonyl (C=O) groups excluding carboxylic acids is 1. The first kappa shape index (κ1) is 13.4. The second-order valence-electron chi connectivity index (χ2n) is 4.25. The first-order chi connectivity index (χ1) is 8.04. The number of hydrogen-bond acceptors (Lipinski definition) is 3. The number of aromatic nitrogens is 2. The van der Waals surface area contributed by atoms with Crippen LogP contribution in [0.25, 0.3) is 6.08 Å². The SMILES string of the molecule is CC(C)[C@@H](CO)NC(=O)C=Cc1ccnn1C. The van der Waals surface area contributed by atoms with Crippen LogP contribution in [0, 0.1) is 5.92 Å². The van der Waals surface area contributed by atoms with Crippen molar-refractivity contribution in [3.63, 3.8) is 0 Å². The predicted molar refractivity (Wildman–Crippen MR) is 66.1 cm³/mol. The third kappa shape index (κ3) is 4.03. The fourth-order valence-corrected chi connectivity index (χ4v) is 1.36. The highest BCUT2D eigenvalue weighted by Crippen LogP contribution is 2.02. The van der Waals surface area contributed by atoms with Crippen molar-refractivity contribution in [2.45, 2.75) is 19.9 Å². The Morgan fingerprint density at radius 2 is 2.35 bits per heavy atom. The Hall–Kier alpha value is -1.62. The van der Waals surface area contributed by atoms with Crippen LogP contribution in [0.3, 0.4) is 0 Å². The van der Waals surface area contributed by atoms with Gasteiger partial charge in [-0.15, -0.1) is 0 Å². The molecule has 2 N–H and O–H groups in total. The first-order valence-electron chi connectivity index (χ1n) is 5.62. The summed E-state index contributed by atoms with van der Waals surface area (Å²) in [6, 6.07) is 1.61. The van der Waals surface area contributed by atoms with Crippen molar-refractivity contribution in [1.29, 1.82) is 0 Å². The van der Waals surface area contributed by atoms with Gasteiger partial charge in [0.25, 0.3) is 0 Å². The van der Waals surface area contributed by atoms with E-state index in [0.29, 0.717) is 0 Å². The lowest BCUT2D eigenvalue weighted by Gasteiger charge is -2.18. The van der Waals surface area contributed by atoms with E-state index in [9.17, 15) is 4.79 Å². The van der Waals surface area contributed by atoms with Gasteiger partial charge in [-0.1, -0.05) is 13.8 Å². The Bertz CT molecular complexity index is 396. The van der Waals surface area contributed by atoms with E-state index >= 15 is 0 Å². The molecule has 0 unspecified atom stereocenters. The number of amides is 1. The van der Waals surface area contributed by atoms with Gasteiger partial charge in [-0.3, -0.25) is 9.48 Å². The molecule has 0 aromatic carbocycles. The molecule has 1 rings (SSSR count). The summed E-state index contributed by atoms with van der Waals surface area (Å²) in [4.78, 5) is 11.6. The van der Waals surface area contributed by atoms with Gasteiger partial charge in [-0.2, -0.15) is 5.10 Å². The van der Waals surface area contributed by atoms with Gasteiger partial charge in [0, 0.05) is 19.3 Å². The zero-order valence-corrected chi connectivity index (χ0v) is 10.4. The maximum atomic E-state index is 11.6. The lowest BCUT2D eigenvalue weighted by molar-refractivity contribution is -0.117. The van der Waals surface area contributed by atoms with Gasteiger partial charge in [-0.25, -0.2) is 0 Å². The maximum Gasteiger partial charge on any atom is 0.244 e. The average Bonchev–Trinajstić information content (AvgIpc) is 2.68. The molecule has 1 aromatic heterocycles. The van der Waals surface area contributed by atoms with Crippen LogP contribution >= 0.6 is 0 Å². The lowest BCUT2D eigenvalue weighted by atomic mass is 10.1. The van der Waals surface area contributed by atoms with Crippen LogP contribution in [0.5, 0.6) is 0 Å². The van der Waals surface area contributed by atoms with Crippen molar-refractivity contribution < 1.29 is 9.90 Å². The van der Waals surface area contributed by atoms with Crippen molar-refractivity contribution in [2.75, 3.05) is 6.61 Å². The molecule has 0 fully saturated rings. The zero-order valence-electron chi connectivity index (χ0n) is 10.4. The Kier molecular flexibility index (Phi) is 4.90. The van der Waals surface area contributed by atoms with Crippen LogP contribution in [0.2, 0.25) is 0 Å². The molecule has 1 amide bonds. The number of hydrogen-bond donors (Lipinski definition) is 2. The monoisotopic (exact) mass is 237 g/mol. The minimum absolute atomic E-state index is 0.0526. The van der Waals surface area contributed by atoms with E-state index in [0.717, 1.165) is 5.69 Å². The third-order valence-corrected chi connectivity index (χ3v) is 2.59. The summed E-state index contributed by atoms with van der Waals surface area (Å²) in [6.07, 6.45) is 4.81. The van der Waals surface area contributed by atoms with Gasteiger partial charge in [0.05, 0.1) is 18.3 Å². The van der Waals surface area contributed by atoms with Crippen molar-refractivity contribution in [3.8, 4) is 0 Å². The van der Waals surface area contributed by atoms with Crippen LogP contribution in [0.4, 0.5) is 0 Å². The average molecular weight is 237 g/mol. The van der Waals surface area contributed by atoms with Gasteiger partial charge in [0.15, 0.2) is 0 Å². The molecular weight excluding hydrogens is 218 g/mol. The van der Waals surface area contributed by atoms with Crippen LogP contribution in [-0.4, -0.2) is 33.4 Å². The van der Waals surface area contributed by atoms with E-state index in [1.807, 2.05) is 27.0 Å². The standard InChI is InChI=1S/C12H19N3O2/c1-9(2)11(8-16)14-12(17)5-4-10-6-7-13-15(10)3/h4-7,9,11,16H,8H2,1-3H3,(H,14,17)/t11-/m1/s1. The summed E-state index contributed by atoms with van der Waals surface area (Å²) < 4.78 is 1.68. The van der Waals surface area contributed by atoms with Crippen LogP contribution < -0.4 is 5.32 Å². The van der Waals surface area contributed by atoms with Gasteiger partial charge < -0.3 is 10.4 Å². The van der Waals surface area contributed by atoms with Crippen molar-refractivity contribution >= 4 is 12.0 Å². The molecule has 0 spiro atoms. The fraction of sp³-hybridized carbons (Fsp3) is 0.500. The molecule has 5 heteroatoms. The second kappa shape index (κ2) is 6.20. The van der Waals surface area contributed by atoms with Crippen LogP contribution in [-0.2, 0) is 11.8 Å². The molecular formula is C12H19N3O2. The fourth-order valence-electron chi connectivity index (χ4n) is 1.36. The number of nitrogens with one attached hydrogen (secondary N) is 1. The third-order valence-electron chi connectivity index (χ3n) is 2.59. The second-order valence-corrected chi connectivity index (χ2v) is 4.25. The van der Waals surface area contributed by atoms with E-state index in [-0.39, 0.29) is 24.5 Å². The van der Waals surface area contributed by atoms with Crippen LogP contribution in [0.1, 0.15) is 19.5 Å². The molecule has 94 valence electrons. The van der Waals surface area contributed by atoms with E-state index < -0.39 is 0 Å². The Balaban J connectivity index is 2.55. The largest absolute Gasteiger partial charge is 0.394 e. The zero-order chi connectivity index (χ0) is 12.8. The summed E-state index contributed by atoms with van der Waals surface area (Å²) in [5, 5.41) is 15.8. The number of nitrogens with zero attached hydrogens (tertiary/aromatic N) is 2. The van der Waals surface area contributed by atoms with E-state index in [4.69, 9.17) is 5.11 Å². The van der Waals surface area contributed by atoms with Crippen molar-refractivity contribution in [1.82, 2.24) is 15.1 Å². The number of rotatable bonds is 5. The summed E-state index contributed by atoms with van der Waals surface area (Å²) in [5.74, 6) is -0.00648. The number of carbonyl (C=O) groups is 1. The minimum atomic E-state index is -0.210. The van der Waals surface area contributed by atoms with Gasteiger partial charge in [-0.05, 0) is 18.1 Å². The quantitative estimate of drug-likeness (QED) is 0.736. The maximum absolute atomic E-state index is 11.6. The molecule has 0 aliphatic heterocycles. The Morgan fingerprint density at radius 3 is 2.82 bits per heavy atom. The minimum Gasteiger partial charge on any atom is -0.394 e. The van der Waals surface area contributed by atoms with E-state index in [1.165, 1.54) is 6.08 Å². The topological polar surface area (TPSA) is 67.2 Å².